The van der Waals surface area contributed by atoms with Gasteiger partial charge in [-0.1, -0.05) is 20.8 Å². The molecule has 0 bridgehead atoms. The van der Waals surface area contributed by atoms with Crippen LogP contribution < -0.4 is 10.5 Å². The third-order valence-corrected chi connectivity index (χ3v) is 3.91. The quantitative estimate of drug-likeness (QED) is 0.867. The number of rotatable bonds is 3. The summed E-state index contributed by atoms with van der Waals surface area (Å²) in [4.78, 5) is 15.7. The highest BCUT2D eigenvalue weighted by Gasteiger charge is 2.33. The summed E-state index contributed by atoms with van der Waals surface area (Å²) in [7, 11) is 1.33. The number of carbonyl (C=O) groups is 1. The Labute approximate surface area is 125 Å². The second-order valence-electron chi connectivity index (χ2n) is 6.74. The molecular weight excluding hydrogens is 268 g/mol. The van der Waals surface area contributed by atoms with E-state index in [1.54, 1.807) is 12.1 Å². The summed E-state index contributed by atoms with van der Waals surface area (Å²) in [6, 6.07) is 3.17. The van der Waals surface area contributed by atoms with Gasteiger partial charge in [0.2, 0.25) is 5.88 Å². The molecule has 1 saturated carbocycles. The summed E-state index contributed by atoms with van der Waals surface area (Å²) in [6.45, 7) is 6.74. The van der Waals surface area contributed by atoms with Gasteiger partial charge in [-0.3, -0.25) is 0 Å². The van der Waals surface area contributed by atoms with Gasteiger partial charge in [-0.2, -0.15) is 0 Å². The van der Waals surface area contributed by atoms with Crippen molar-refractivity contribution in [3.8, 4) is 5.88 Å². The van der Waals surface area contributed by atoms with Gasteiger partial charge in [0.25, 0.3) is 0 Å². The fourth-order valence-electron chi connectivity index (χ4n) is 3.27. The first-order valence-electron chi connectivity index (χ1n) is 7.32. The van der Waals surface area contributed by atoms with Gasteiger partial charge in [0.05, 0.1) is 12.8 Å². The Bertz CT molecular complexity index is 528. The molecule has 0 aliphatic heterocycles. The smallest absolute Gasteiger partial charge is 0.356 e. The van der Waals surface area contributed by atoms with Crippen molar-refractivity contribution in [2.24, 2.45) is 11.3 Å². The second-order valence-corrected chi connectivity index (χ2v) is 6.74. The number of nitrogen functional groups attached to an aromatic ring is 1. The molecule has 0 amide bonds. The highest BCUT2D eigenvalue weighted by molar-refractivity contribution is 5.87. The zero-order valence-corrected chi connectivity index (χ0v) is 13.2. The summed E-state index contributed by atoms with van der Waals surface area (Å²) >= 11 is 0. The number of esters is 1. The molecule has 2 N–H and O–H groups in total. The molecular formula is C16H24N2O3. The Balaban J connectivity index is 2.17. The summed E-state index contributed by atoms with van der Waals surface area (Å²) in [5, 5.41) is 0. The van der Waals surface area contributed by atoms with E-state index in [4.69, 9.17) is 10.5 Å². The number of hydrogen-bond donors (Lipinski definition) is 1. The standard InChI is InChI=1S/C16H24N2O3/c1-10-7-11(9-16(2,3)8-10)21-14-12(17)5-6-13(18-14)15(19)20-4/h5-6,10-11H,7-9,17H2,1-4H3. The van der Waals surface area contributed by atoms with Crippen molar-refractivity contribution >= 4 is 11.7 Å². The summed E-state index contributed by atoms with van der Waals surface area (Å²) in [6.07, 6.45) is 3.21. The molecule has 1 fully saturated rings. The van der Waals surface area contributed by atoms with Gasteiger partial charge in [-0.05, 0) is 42.7 Å². The lowest BCUT2D eigenvalue weighted by Crippen LogP contribution is -2.34. The zero-order chi connectivity index (χ0) is 15.6. The van der Waals surface area contributed by atoms with Crippen molar-refractivity contribution in [1.29, 1.82) is 0 Å². The van der Waals surface area contributed by atoms with Crippen LogP contribution in [0.1, 0.15) is 50.5 Å². The molecule has 0 radical (unpaired) electrons. The van der Waals surface area contributed by atoms with Gasteiger partial charge < -0.3 is 15.2 Å². The first-order chi connectivity index (χ1) is 9.80. The number of methoxy groups -OCH3 is 1. The molecule has 116 valence electrons. The van der Waals surface area contributed by atoms with Crippen LogP contribution in [0.2, 0.25) is 0 Å². The zero-order valence-electron chi connectivity index (χ0n) is 13.2. The van der Waals surface area contributed by atoms with Gasteiger partial charge in [-0.25, -0.2) is 9.78 Å². The monoisotopic (exact) mass is 292 g/mol. The molecule has 1 aromatic heterocycles. The molecule has 0 aromatic carbocycles. The first kappa shape index (κ1) is 15.6. The molecule has 2 atom stereocenters. The van der Waals surface area contributed by atoms with Crippen LogP contribution in [0.4, 0.5) is 5.69 Å². The van der Waals surface area contributed by atoms with Crippen molar-refractivity contribution in [1.82, 2.24) is 4.98 Å². The average molecular weight is 292 g/mol. The van der Waals surface area contributed by atoms with Crippen molar-refractivity contribution in [2.75, 3.05) is 12.8 Å². The largest absolute Gasteiger partial charge is 0.473 e. The Morgan fingerprint density at radius 3 is 2.71 bits per heavy atom. The molecule has 0 saturated heterocycles. The minimum absolute atomic E-state index is 0.0754. The molecule has 5 nitrogen and oxygen atoms in total. The highest BCUT2D eigenvalue weighted by Crippen LogP contribution is 2.40. The molecule has 1 aliphatic rings. The van der Waals surface area contributed by atoms with E-state index in [0.29, 0.717) is 17.5 Å². The number of carbonyl (C=O) groups excluding carboxylic acids is 1. The van der Waals surface area contributed by atoms with E-state index < -0.39 is 5.97 Å². The van der Waals surface area contributed by atoms with Gasteiger partial charge >= 0.3 is 5.97 Å². The summed E-state index contributed by atoms with van der Waals surface area (Å²) in [5.41, 5.74) is 6.81. The molecule has 21 heavy (non-hydrogen) atoms. The number of aromatic nitrogens is 1. The Kier molecular flexibility index (Phi) is 4.40. The summed E-state index contributed by atoms with van der Waals surface area (Å²) < 4.78 is 10.7. The Hall–Kier alpha value is -1.78. The van der Waals surface area contributed by atoms with E-state index in [2.05, 4.69) is 30.5 Å². The minimum atomic E-state index is -0.489. The van der Waals surface area contributed by atoms with Gasteiger partial charge in [0.1, 0.15) is 6.10 Å². The van der Waals surface area contributed by atoms with Crippen LogP contribution in [0.15, 0.2) is 12.1 Å². The predicted octanol–water partition coefficient (Wildman–Crippen LogP) is 3.04. The van der Waals surface area contributed by atoms with E-state index in [9.17, 15) is 4.79 Å². The van der Waals surface area contributed by atoms with E-state index in [1.807, 2.05) is 0 Å². The van der Waals surface area contributed by atoms with Crippen LogP contribution in [0, 0.1) is 11.3 Å². The van der Waals surface area contributed by atoms with E-state index in [1.165, 1.54) is 13.5 Å². The maximum atomic E-state index is 11.5. The number of pyridine rings is 1. The normalized spacial score (nSPS) is 24.4. The van der Waals surface area contributed by atoms with Crippen LogP contribution in [0.25, 0.3) is 0 Å². The Morgan fingerprint density at radius 1 is 1.38 bits per heavy atom. The van der Waals surface area contributed by atoms with Crippen molar-refractivity contribution in [2.45, 2.75) is 46.1 Å². The maximum absolute atomic E-state index is 11.5. The van der Waals surface area contributed by atoms with Crippen LogP contribution in [0.3, 0.4) is 0 Å². The summed E-state index contributed by atoms with van der Waals surface area (Å²) in [5.74, 6) is 0.439. The molecule has 2 rings (SSSR count). The number of nitrogens with two attached hydrogens (primary N) is 1. The van der Waals surface area contributed by atoms with Crippen LogP contribution in [-0.4, -0.2) is 24.2 Å². The van der Waals surface area contributed by atoms with E-state index in [-0.39, 0.29) is 17.2 Å². The molecule has 1 aliphatic carbocycles. The van der Waals surface area contributed by atoms with Gasteiger partial charge in [-0.15, -0.1) is 0 Å². The second kappa shape index (κ2) is 5.92. The minimum Gasteiger partial charge on any atom is -0.473 e. The predicted molar refractivity (Wildman–Crippen MR) is 81.2 cm³/mol. The maximum Gasteiger partial charge on any atom is 0.356 e. The number of anilines is 1. The fourth-order valence-corrected chi connectivity index (χ4v) is 3.27. The van der Waals surface area contributed by atoms with Crippen molar-refractivity contribution < 1.29 is 14.3 Å². The molecule has 0 spiro atoms. The number of hydrogen-bond acceptors (Lipinski definition) is 5. The van der Waals surface area contributed by atoms with Gasteiger partial charge in [0.15, 0.2) is 5.69 Å². The van der Waals surface area contributed by atoms with Crippen molar-refractivity contribution in [3.63, 3.8) is 0 Å². The number of nitrogens with zero attached hydrogens (tertiary/aromatic N) is 1. The van der Waals surface area contributed by atoms with Crippen LogP contribution in [-0.2, 0) is 4.74 Å². The van der Waals surface area contributed by atoms with Crippen LogP contribution in [0.5, 0.6) is 5.88 Å². The lowest BCUT2D eigenvalue weighted by atomic mass is 9.71. The average Bonchev–Trinajstić information content (AvgIpc) is 2.38. The lowest BCUT2D eigenvalue weighted by Gasteiger charge is -2.38. The van der Waals surface area contributed by atoms with E-state index >= 15 is 0 Å². The SMILES string of the molecule is COC(=O)c1ccc(N)c(OC2CC(C)CC(C)(C)C2)n1. The van der Waals surface area contributed by atoms with E-state index in [0.717, 1.165) is 12.8 Å². The van der Waals surface area contributed by atoms with Crippen LogP contribution >= 0.6 is 0 Å². The first-order valence-corrected chi connectivity index (χ1v) is 7.32. The highest BCUT2D eigenvalue weighted by atomic mass is 16.5. The Morgan fingerprint density at radius 2 is 2.10 bits per heavy atom. The fraction of sp³-hybridized carbons (Fsp3) is 0.625. The topological polar surface area (TPSA) is 74.4 Å². The third-order valence-electron chi connectivity index (χ3n) is 3.91. The lowest BCUT2D eigenvalue weighted by molar-refractivity contribution is 0.0515. The third kappa shape index (κ3) is 3.86. The van der Waals surface area contributed by atoms with Crippen molar-refractivity contribution in [3.05, 3.63) is 17.8 Å². The molecule has 1 heterocycles. The number of ether oxygens (including phenoxy) is 2. The van der Waals surface area contributed by atoms with Gasteiger partial charge in [0, 0.05) is 0 Å². The molecule has 5 heteroatoms. The molecule has 1 aromatic rings. The molecule has 2 unspecified atom stereocenters.